The zero-order valence-electron chi connectivity index (χ0n) is 9.51. The molecule has 2 aliphatic heterocycles. The molecule has 3 rings (SSSR count). The molecular formula is C12H12Br3NO2. The molecule has 0 bridgehead atoms. The highest BCUT2D eigenvalue weighted by Gasteiger charge is 2.31. The highest BCUT2D eigenvalue weighted by molar-refractivity contribution is 9.14. The van der Waals surface area contributed by atoms with E-state index in [4.69, 9.17) is 15.2 Å². The molecule has 1 aromatic rings. The fraction of sp³-hybridized carbons (Fsp3) is 0.500. The molecule has 2 atom stereocenters. The number of hydrogen-bond acceptors (Lipinski definition) is 3. The van der Waals surface area contributed by atoms with Crippen LogP contribution in [0.1, 0.15) is 11.1 Å². The molecule has 2 aliphatic rings. The molecule has 2 N–H and O–H groups in total. The Labute approximate surface area is 131 Å². The van der Waals surface area contributed by atoms with Crippen molar-refractivity contribution in [3.63, 3.8) is 0 Å². The zero-order valence-corrected chi connectivity index (χ0v) is 14.3. The molecule has 2 heterocycles. The first-order valence-electron chi connectivity index (χ1n) is 5.74. The van der Waals surface area contributed by atoms with E-state index in [-0.39, 0.29) is 0 Å². The molecule has 18 heavy (non-hydrogen) atoms. The summed E-state index contributed by atoms with van der Waals surface area (Å²) in [6, 6.07) is 0. The summed E-state index contributed by atoms with van der Waals surface area (Å²) in [5, 5.41) is 0. The number of epoxide rings is 2. The van der Waals surface area contributed by atoms with Gasteiger partial charge >= 0.3 is 0 Å². The quantitative estimate of drug-likeness (QED) is 0.442. The molecule has 1 aromatic carbocycles. The van der Waals surface area contributed by atoms with Crippen LogP contribution in [0.3, 0.4) is 0 Å². The number of anilines is 1. The molecule has 0 amide bonds. The van der Waals surface area contributed by atoms with Gasteiger partial charge in [0.1, 0.15) is 0 Å². The van der Waals surface area contributed by atoms with E-state index in [1.165, 1.54) is 11.1 Å². The molecule has 3 nitrogen and oxygen atoms in total. The Bertz CT molecular complexity index is 454. The van der Waals surface area contributed by atoms with Crippen LogP contribution in [0.15, 0.2) is 13.4 Å². The van der Waals surface area contributed by atoms with Gasteiger partial charge in [0.15, 0.2) is 0 Å². The number of nitrogens with two attached hydrogens (primary N) is 1. The second kappa shape index (κ2) is 5.05. The van der Waals surface area contributed by atoms with Gasteiger partial charge in [0.25, 0.3) is 0 Å². The number of halogens is 3. The van der Waals surface area contributed by atoms with Crippen molar-refractivity contribution in [3.05, 3.63) is 24.5 Å². The molecule has 0 aromatic heterocycles. The lowest BCUT2D eigenvalue weighted by molar-refractivity contribution is 0.401. The van der Waals surface area contributed by atoms with Crippen molar-refractivity contribution >= 4 is 53.5 Å². The van der Waals surface area contributed by atoms with E-state index < -0.39 is 0 Å². The molecule has 0 spiro atoms. The summed E-state index contributed by atoms with van der Waals surface area (Å²) in [5.74, 6) is 0. The van der Waals surface area contributed by atoms with Gasteiger partial charge in [-0.3, -0.25) is 0 Å². The third kappa shape index (κ3) is 2.63. The summed E-state index contributed by atoms with van der Waals surface area (Å²) in [4.78, 5) is 0. The third-order valence-electron chi connectivity index (χ3n) is 3.24. The second-order valence-electron chi connectivity index (χ2n) is 4.63. The molecule has 2 unspecified atom stereocenters. The minimum Gasteiger partial charge on any atom is -0.398 e. The van der Waals surface area contributed by atoms with Crippen molar-refractivity contribution in [1.82, 2.24) is 0 Å². The Balaban J connectivity index is 2.04. The van der Waals surface area contributed by atoms with Crippen LogP contribution in [0.5, 0.6) is 0 Å². The van der Waals surface area contributed by atoms with Crippen molar-refractivity contribution < 1.29 is 9.47 Å². The van der Waals surface area contributed by atoms with Gasteiger partial charge < -0.3 is 15.2 Å². The minimum atomic E-state index is 0.325. The van der Waals surface area contributed by atoms with E-state index in [0.29, 0.717) is 12.2 Å². The van der Waals surface area contributed by atoms with E-state index in [9.17, 15) is 0 Å². The van der Waals surface area contributed by atoms with E-state index in [0.717, 1.165) is 45.2 Å². The number of nitrogen functional groups attached to an aromatic ring is 1. The fourth-order valence-electron chi connectivity index (χ4n) is 2.05. The van der Waals surface area contributed by atoms with Gasteiger partial charge in [-0.1, -0.05) is 0 Å². The average molecular weight is 442 g/mol. The summed E-state index contributed by atoms with van der Waals surface area (Å²) < 4.78 is 13.6. The zero-order chi connectivity index (χ0) is 12.9. The lowest BCUT2D eigenvalue weighted by Gasteiger charge is -2.17. The Morgan fingerprint density at radius 3 is 1.89 bits per heavy atom. The van der Waals surface area contributed by atoms with Crippen LogP contribution in [0, 0.1) is 0 Å². The molecule has 2 saturated heterocycles. The smallest absolute Gasteiger partial charge is 0.0851 e. The molecular weight excluding hydrogens is 430 g/mol. The summed E-state index contributed by atoms with van der Waals surface area (Å²) >= 11 is 10.7. The summed E-state index contributed by atoms with van der Waals surface area (Å²) in [7, 11) is 0. The highest BCUT2D eigenvalue weighted by Crippen LogP contribution is 2.43. The Morgan fingerprint density at radius 1 is 0.889 bits per heavy atom. The van der Waals surface area contributed by atoms with Crippen molar-refractivity contribution in [2.24, 2.45) is 0 Å². The highest BCUT2D eigenvalue weighted by atomic mass is 79.9. The summed E-state index contributed by atoms with van der Waals surface area (Å²) in [6.45, 7) is 1.68. The van der Waals surface area contributed by atoms with Gasteiger partial charge in [0.2, 0.25) is 0 Å². The fourth-order valence-corrected chi connectivity index (χ4v) is 3.80. The maximum atomic E-state index is 6.23. The monoisotopic (exact) mass is 439 g/mol. The molecule has 0 saturated carbocycles. The normalized spacial score (nSPS) is 25.3. The van der Waals surface area contributed by atoms with Crippen LogP contribution in [0.4, 0.5) is 5.69 Å². The van der Waals surface area contributed by atoms with E-state index in [1.807, 2.05) is 0 Å². The number of ether oxygens (including phenoxy) is 2. The van der Waals surface area contributed by atoms with Crippen LogP contribution in [0.2, 0.25) is 0 Å². The van der Waals surface area contributed by atoms with Crippen molar-refractivity contribution in [1.29, 1.82) is 0 Å². The number of hydrogen-bond donors (Lipinski definition) is 1. The van der Waals surface area contributed by atoms with Crippen molar-refractivity contribution in [2.45, 2.75) is 25.0 Å². The topological polar surface area (TPSA) is 51.1 Å². The third-order valence-corrected chi connectivity index (χ3v) is 6.80. The van der Waals surface area contributed by atoms with Crippen LogP contribution >= 0.6 is 47.8 Å². The lowest BCUT2D eigenvalue weighted by Crippen LogP contribution is -2.09. The largest absolute Gasteiger partial charge is 0.398 e. The maximum Gasteiger partial charge on any atom is 0.0851 e. The number of rotatable bonds is 4. The lowest BCUT2D eigenvalue weighted by atomic mass is 9.97. The second-order valence-corrected chi connectivity index (χ2v) is 7.01. The average Bonchev–Trinajstić information content (AvgIpc) is 3.22. The summed E-state index contributed by atoms with van der Waals surface area (Å²) in [6.07, 6.45) is 2.44. The van der Waals surface area contributed by atoms with E-state index in [2.05, 4.69) is 47.8 Å². The Hall–Kier alpha value is 0.380. The molecule has 0 aliphatic carbocycles. The SMILES string of the molecule is Nc1c(Br)c(Br)c(Br)c(CC2CO2)c1CC1CO1. The standard InChI is InChI=1S/C12H12Br3NO2/c13-9-7(1-5-3-17-5)8(2-6-4-18-6)12(16)11(15)10(9)14/h5-6H,1-4,16H2. The van der Waals surface area contributed by atoms with E-state index in [1.54, 1.807) is 0 Å². The molecule has 0 radical (unpaired) electrons. The molecule has 98 valence electrons. The first-order valence-corrected chi connectivity index (χ1v) is 8.12. The van der Waals surface area contributed by atoms with Gasteiger partial charge in [0, 0.05) is 21.8 Å². The van der Waals surface area contributed by atoms with Gasteiger partial charge in [-0.25, -0.2) is 0 Å². The predicted molar refractivity (Wildman–Crippen MR) is 80.8 cm³/mol. The molecule has 6 heteroatoms. The van der Waals surface area contributed by atoms with Gasteiger partial charge in [-0.15, -0.1) is 0 Å². The van der Waals surface area contributed by atoms with Crippen LogP contribution < -0.4 is 5.73 Å². The predicted octanol–water partition coefficient (Wildman–Crippen LogP) is 3.44. The van der Waals surface area contributed by atoms with E-state index >= 15 is 0 Å². The van der Waals surface area contributed by atoms with Crippen LogP contribution in [-0.4, -0.2) is 25.4 Å². The van der Waals surface area contributed by atoms with Crippen LogP contribution in [-0.2, 0) is 22.3 Å². The minimum absolute atomic E-state index is 0.325. The van der Waals surface area contributed by atoms with Gasteiger partial charge in [-0.2, -0.15) is 0 Å². The number of benzene rings is 1. The first kappa shape index (κ1) is 13.4. The molecule has 2 fully saturated rings. The van der Waals surface area contributed by atoms with Gasteiger partial charge in [0.05, 0.1) is 35.6 Å². The Morgan fingerprint density at radius 2 is 1.39 bits per heavy atom. The first-order chi connectivity index (χ1) is 8.58. The maximum absolute atomic E-state index is 6.23. The summed E-state index contributed by atoms with van der Waals surface area (Å²) in [5.41, 5.74) is 9.45. The Kier molecular flexibility index (Phi) is 3.75. The van der Waals surface area contributed by atoms with Crippen LogP contribution in [0.25, 0.3) is 0 Å². The van der Waals surface area contributed by atoms with Gasteiger partial charge in [-0.05, 0) is 58.9 Å². The van der Waals surface area contributed by atoms with Crippen molar-refractivity contribution in [2.75, 3.05) is 18.9 Å². The van der Waals surface area contributed by atoms with Crippen molar-refractivity contribution in [3.8, 4) is 0 Å².